The van der Waals surface area contributed by atoms with E-state index in [9.17, 15) is 4.79 Å². The Kier molecular flexibility index (Phi) is 3.99. The van der Waals surface area contributed by atoms with Gasteiger partial charge < -0.3 is 10.4 Å². The zero-order valence-electron chi connectivity index (χ0n) is 11.7. The molecule has 1 aromatic heterocycles. The van der Waals surface area contributed by atoms with Crippen molar-refractivity contribution < 1.29 is 9.90 Å². The highest BCUT2D eigenvalue weighted by Gasteiger charge is 2.26. The van der Waals surface area contributed by atoms with Crippen LogP contribution >= 0.6 is 0 Å². The highest BCUT2D eigenvalue weighted by atomic mass is 16.4. The molecule has 0 atom stereocenters. The van der Waals surface area contributed by atoms with Crippen molar-refractivity contribution >= 4 is 11.7 Å². The summed E-state index contributed by atoms with van der Waals surface area (Å²) in [6.07, 6.45) is 3.98. The van der Waals surface area contributed by atoms with Crippen molar-refractivity contribution in [3.05, 3.63) is 24.0 Å². The van der Waals surface area contributed by atoms with E-state index in [1.54, 1.807) is 6.20 Å². The third-order valence-corrected chi connectivity index (χ3v) is 2.50. The number of aromatic nitrogens is 1. The summed E-state index contributed by atoms with van der Waals surface area (Å²) >= 11 is 0. The van der Waals surface area contributed by atoms with E-state index in [1.807, 2.05) is 0 Å². The summed E-state index contributed by atoms with van der Waals surface area (Å²) in [4.78, 5) is 15.1. The predicted octanol–water partition coefficient (Wildman–Crippen LogP) is 3.41. The van der Waals surface area contributed by atoms with Crippen LogP contribution in [0.5, 0.6) is 0 Å². The van der Waals surface area contributed by atoms with Crippen LogP contribution in [0.3, 0.4) is 0 Å². The zero-order chi connectivity index (χ0) is 14.0. The average molecular weight is 250 g/mol. The van der Waals surface area contributed by atoms with Crippen LogP contribution < -0.4 is 5.32 Å². The lowest BCUT2D eigenvalue weighted by atomic mass is 9.81. The molecule has 0 unspecified atom stereocenters. The third kappa shape index (κ3) is 4.35. The maximum atomic E-state index is 11.1. The molecule has 0 aliphatic rings. The van der Waals surface area contributed by atoms with Gasteiger partial charge in [-0.05, 0) is 31.7 Å². The molecule has 0 bridgehead atoms. The van der Waals surface area contributed by atoms with Crippen molar-refractivity contribution in [3.8, 4) is 0 Å². The molecular weight excluding hydrogens is 228 g/mol. The minimum absolute atomic E-state index is 0.169. The summed E-state index contributed by atoms with van der Waals surface area (Å²) in [6, 6.07) is 1.51. The smallest absolute Gasteiger partial charge is 0.337 e. The summed E-state index contributed by atoms with van der Waals surface area (Å²) in [7, 11) is 0. The topological polar surface area (TPSA) is 62.2 Å². The number of nitrogens with one attached hydrogen (secondary N) is 1. The van der Waals surface area contributed by atoms with Crippen LogP contribution in [0.1, 0.15) is 51.4 Å². The van der Waals surface area contributed by atoms with Crippen molar-refractivity contribution in [2.24, 2.45) is 5.41 Å². The second-order valence-electron chi connectivity index (χ2n) is 6.47. The van der Waals surface area contributed by atoms with E-state index >= 15 is 0 Å². The highest BCUT2D eigenvalue weighted by molar-refractivity contribution is 5.93. The van der Waals surface area contributed by atoms with Crippen LogP contribution in [0, 0.1) is 5.41 Å². The Morgan fingerprint density at radius 1 is 1.33 bits per heavy atom. The van der Waals surface area contributed by atoms with Gasteiger partial charge in [0.15, 0.2) is 0 Å². The van der Waals surface area contributed by atoms with E-state index in [0.29, 0.717) is 5.69 Å². The molecule has 0 aliphatic carbocycles. The molecule has 0 aromatic carbocycles. The fourth-order valence-electron chi connectivity index (χ4n) is 2.42. The van der Waals surface area contributed by atoms with Gasteiger partial charge >= 0.3 is 5.97 Å². The summed E-state index contributed by atoms with van der Waals surface area (Å²) < 4.78 is 0. The van der Waals surface area contributed by atoms with E-state index in [-0.39, 0.29) is 16.5 Å². The first-order valence-corrected chi connectivity index (χ1v) is 6.06. The standard InChI is InChI=1S/C14H22N2O2/c1-13(2,3)9-14(4,5)16-11-8-15-7-6-10(11)12(17)18/h6-8,16H,9H2,1-5H3,(H,17,18). The van der Waals surface area contributed by atoms with Gasteiger partial charge in [-0.25, -0.2) is 4.79 Å². The van der Waals surface area contributed by atoms with Gasteiger partial charge in [0, 0.05) is 11.7 Å². The Bertz CT molecular complexity index is 434. The summed E-state index contributed by atoms with van der Waals surface area (Å²) in [5, 5.41) is 12.4. The number of hydrogen-bond donors (Lipinski definition) is 2. The lowest BCUT2D eigenvalue weighted by molar-refractivity contribution is 0.0697. The molecule has 0 radical (unpaired) electrons. The number of rotatable bonds is 4. The maximum absolute atomic E-state index is 11.1. The van der Waals surface area contributed by atoms with Crippen molar-refractivity contribution in [1.82, 2.24) is 4.98 Å². The largest absolute Gasteiger partial charge is 0.478 e. The number of hydrogen-bond acceptors (Lipinski definition) is 3. The van der Waals surface area contributed by atoms with Gasteiger partial charge in [0.1, 0.15) is 0 Å². The van der Waals surface area contributed by atoms with Crippen molar-refractivity contribution in [2.75, 3.05) is 5.32 Å². The highest BCUT2D eigenvalue weighted by Crippen LogP contribution is 2.30. The van der Waals surface area contributed by atoms with Crippen LogP contribution in [-0.4, -0.2) is 21.6 Å². The first-order chi connectivity index (χ1) is 8.11. The average Bonchev–Trinajstić information content (AvgIpc) is 2.13. The van der Waals surface area contributed by atoms with Crippen LogP contribution in [0.15, 0.2) is 18.5 Å². The molecular formula is C14H22N2O2. The van der Waals surface area contributed by atoms with Crippen LogP contribution in [0.4, 0.5) is 5.69 Å². The third-order valence-electron chi connectivity index (χ3n) is 2.50. The zero-order valence-corrected chi connectivity index (χ0v) is 11.7. The molecule has 18 heavy (non-hydrogen) atoms. The second-order valence-corrected chi connectivity index (χ2v) is 6.47. The molecule has 0 fully saturated rings. The number of carbonyl (C=O) groups is 1. The molecule has 4 nitrogen and oxygen atoms in total. The molecule has 1 aromatic rings. The number of nitrogens with zero attached hydrogens (tertiary/aromatic N) is 1. The molecule has 0 saturated carbocycles. The molecule has 1 heterocycles. The molecule has 2 N–H and O–H groups in total. The van der Waals surface area contributed by atoms with Gasteiger partial charge in [0.25, 0.3) is 0 Å². The van der Waals surface area contributed by atoms with E-state index in [0.717, 1.165) is 6.42 Å². The molecule has 4 heteroatoms. The van der Waals surface area contributed by atoms with Gasteiger partial charge in [-0.3, -0.25) is 4.98 Å². The Balaban J connectivity index is 2.94. The van der Waals surface area contributed by atoms with Gasteiger partial charge in [-0.15, -0.1) is 0 Å². The minimum atomic E-state index is -0.938. The van der Waals surface area contributed by atoms with E-state index in [2.05, 4.69) is 44.9 Å². The normalized spacial score (nSPS) is 12.3. The predicted molar refractivity (Wildman–Crippen MR) is 73.0 cm³/mol. The molecule has 100 valence electrons. The van der Waals surface area contributed by atoms with Gasteiger partial charge in [0.2, 0.25) is 0 Å². The van der Waals surface area contributed by atoms with E-state index < -0.39 is 5.97 Å². The summed E-state index contributed by atoms with van der Waals surface area (Å²) in [5.74, 6) is -0.938. The molecule has 0 amide bonds. The fraction of sp³-hybridized carbons (Fsp3) is 0.571. The molecule has 1 rings (SSSR count). The fourth-order valence-corrected chi connectivity index (χ4v) is 2.42. The maximum Gasteiger partial charge on any atom is 0.337 e. The number of carboxylic acid groups (broad SMARTS) is 1. The summed E-state index contributed by atoms with van der Waals surface area (Å²) in [5.41, 5.74) is 0.805. The number of anilines is 1. The first-order valence-electron chi connectivity index (χ1n) is 6.06. The Labute approximate surface area is 108 Å². The SMILES string of the molecule is CC(C)(C)CC(C)(C)Nc1cnccc1C(=O)O. The summed E-state index contributed by atoms with van der Waals surface area (Å²) in [6.45, 7) is 10.6. The van der Waals surface area contributed by atoms with Crippen molar-refractivity contribution in [3.63, 3.8) is 0 Å². The monoisotopic (exact) mass is 250 g/mol. The Hall–Kier alpha value is -1.58. The number of aromatic carboxylic acids is 1. The lowest BCUT2D eigenvalue weighted by Gasteiger charge is -2.34. The molecule has 0 saturated heterocycles. The molecule has 0 aliphatic heterocycles. The van der Waals surface area contributed by atoms with E-state index in [1.165, 1.54) is 12.3 Å². The van der Waals surface area contributed by atoms with Crippen LogP contribution in [-0.2, 0) is 0 Å². The van der Waals surface area contributed by atoms with E-state index in [4.69, 9.17) is 5.11 Å². The van der Waals surface area contributed by atoms with Gasteiger partial charge in [-0.1, -0.05) is 20.8 Å². The molecule has 0 spiro atoms. The Morgan fingerprint density at radius 2 is 1.94 bits per heavy atom. The van der Waals surface area contributed by atoms with Gasteiger partial charge in [0.05, 0.1) is 17.4 Å². The van der Waals surface area contributed by atoms with Gasteiger partial charge in [-0.2, -0.15) is 0 Å². The minimum Gasteiger partial charge on any atom is -0.478 e. The second kappa shape index (κ2) is 4.96. The Morgan fingerprint density at radius 3 is 2.44 bits per heavy atom. The lowest BCUT2D eigenvalue weighted by Crippen LogP contribution is -2.36. The number of pyridine rings is 1. The quantitative estimate of drug-likeness (QED) is 0.859. The number of carboxylic acids is 1. The van der Waals surface area contributed by atoms with Crippen LogP contribution in [0.25, 0.3) is 0 Å². The van der Waals surface area contributed by atoms with Crippen molar-refractivity contribution in [1.29, 1.82) is 0 Å². The first kappa shape index (κ1) is 14.5. The van der Waals surface area contributed by atoms with Crippen LogP contribution in [0.2, 0.25) is 0 Å². The van der Waals surface area contributed by atoms with Crippen molar-refractivity contribution in [2.45, 2.75) is 46.6 Å².